The molecule has 0 aromatic heterocycles. The molecule has 3 fully saturated rings. The van der Waals surface area contributed by atoms with E-state index in [-0.39, 0.29) is 11.5 Å². The van der Waals surface area contributed by atoms with Crippen molar-refractivity contribution in [2.75, 3.05) is 39.5 Å². The fourth-order valence-corrected chi connectivity index (χ4v) is 4.02. The monoisotopic (exact) mass is 297 g/mol. The molecule has 0 bridgehead atoms. The van der Waals surface area contributed by atoms with Gasteiger partial charge in [-0.25, -0.2) is 0 Å². The van der Waals surface area contributed by atoms with Crippen LogP contribution < -0.4 is 11.1 Å². The number of hydrogen-bond donors (Lipinski definition) is 2. The van der Waals surface area contributed by atoms with E-state index in [0.29, 0.717) is 25.2 Å². The zero-order valence-corrected chi connectivity index (χ0v) is 12.7. The molecule has 2 atom stereocenters. The lowest BCUT2D eigenvalue weighted by Crippen LogP contribution is -2.56. The molecular weight excluding hydrogens is 270 g/mol. The van der Waals surface area contributed by atoms with Crippen molar-refractivity contribution in [1.82, 2.24) is 10.2 Å². The van der Waals surface area contributed by atoms with Gasteiger partial charge in [-0.3, -0.25) is 9.69 Å². The third-order valence-electron chi connectivity index (χ3n) is 5.12. The molecule has 6 nitrogen and oxygen atoms in total. The molecule has 120 valence electrons. The fraction of sp³-hybridized carbons (Fsp3) is 0.933. The molecule has 0 radical (unpaired) electrons. The first-order chi connectivity index (χ1) is 10.2. The number of piperidine rings is 1. The van der Waals surface area contributed by atoms with Gasteiger partial charge in [0.05, 0.1) is 18.8 Å². The lowest BCUT2D eigenvalue weighted by molar-refractivity contribution is -0.128. The summed E-state index contributed by atoms with van der Waals surface area (Å²) < 4.78 is 11.6. The third kappa shape index (κ3) is 3.56. The van der Waals surface area contributed by atoms with Crippen LogP contribution in [0, 0.1) is 0 Å². The van der Waals surface area contributed by atoms with Gasteiger partial charge in [0.2, 0.25) is 5.91 Å². The minimum absolute atomic E-state index is 0.119. The number of hydrogen-bond acceptors (Lipinski definition) is 5. The Kier molecular flexibility index (Phi) is 4.78. The maximum atomic E-state index is 11.5. The number of carbonyl (C=O) groups is 1. The fourth-order valence-electron chi connectivity index (χ4n) is 4.02. The summed E-state index contributed by atoms with van der Waals surface area (Å²) in [6.45, 7) is 4.66. The molecule has 0 aromatic rings. The van der Waals surface area contributed by atoms with Crippen molar-refractivity contribution in [3.8, 4) is 0 Å². The van der Waals surface area contributed by atoms with Gasteiger partial charge in [0.15, 0.2) is 0 Å². The third-order valence-corrected chi connectivity index (χ3v) is 5.12. The highest BCUT2D eigenvalue weighted by Gasteiger charge is 2.43. The normalized spacial score (nSPS) is 34.6. The number of amides is 1. The number of nitrogens with two attached hydrogens (primary N) is 1. The first-order valence-corrected chi connectivity index (χ1v) is 8.15. The van der Waals surface area contributed by atoms with E-state index < -0.39 is 0 Å². The van der Waals surface area contributed by atoms with Crippen LogP contribution in [0.1, 0.15) is 32.1 Å². The predicted molar refractivity (Wildman–Crippen MR) is 78.9 cm³/mol. The minimum Gasteiger partial charge on any atom is -0.378 e. The first-order valence-electron chi connectivity index (χ1n) is 8.15. The molecule has 2 unspecified atom stereocenters. The van der Waals surface area contributed by atoms with Crippen LogP contribution in [0.25, 0.3) is 0 Å². The van der Waals surface area contributed by atoms with Crippen molar-refractivity contribution in [3.63, 3.8) is 0 Å². The summed E-state index contributed by atoms with van der Waals surface area (Å²) in [5, 5.41) is 3.39. The second-order valence-electron chi connectivity index (χ2n) is 6.60. The molecule has 1 amide bonds. The van der Waals surface area contributed by atoms with Crippen LogP contribution in [0.2, 0.25) is 0 Å². The highest BCUT2D eigenvalue weighted by atomic mass is 16.6. The molecule has 1 spiro atoms. The highest BCUT2D eigenvalue weighted by molar-refractivity contribution is 5.76. The molecule has 3 rings (SSSR count). The molecule has 3 heterocycles. The Bertz CT molecular complexity index is 365. The van der Waals surface area contributed by atoms with Crippen molar-refractivity contribution in [1.29, 1.82) is 0 Å². The summed E-state index contributed by atoms with van der Waals surface area (Å²) >= 11 is 0. The number of nitrogens with one attached hydrogen (secondary N) is 1. The van der Waals surface area contributed by atoms with E-state index in [1.165, 1.54) is 0 Å². The Labute approximate surface area is 126 Å². The summed E-state index contributed by atoms with van der Waals surface area (Å²) in [4.78, 5) is 13.9. The highest BCUT2D eigenvalue weighted by Crippen LogP contribution is 2.35. The largest absolute Gasteiger partial charge is 0.378 e. The van der Waals surface area contributed by atoms with Crippen LogP contribution in [-0.2, 0) is 14.3 Å². The van der Waals surface area contributed by atoms with Crippen molar-refractivity contribution >= 4 is 5.91 Å². The quantitative estimate of drug-likeness (QED) is 0.755. The molecule has 6 heteroatoms. The van der Waals surface area contributed by atoms with E-state index in [4.69, 9.17) is 15.2 Å². The molecule has 0 aromatic carbocycles. The zero-order chi connectivity index (χ0) is 14.7. The topological polar surface area (TPSA) is 76.8 Å². The van der Waals surface area contributed by atoms with Gasteiger partial charge in [-0.15, -0.1) is 0 Å². The number of rotatable bonds is 4. The second kappa shape index (κ2) is 6.60. The van der Waals surface area contributed by atoms with Gasteiger partial charge >= 0.3 is 0 Å². The number of primary amides is 1. The van der Waals surface area contributed by atoms with E-state index in [0.717, 1.165) is 58.4 Å². The maximum absolute atomic E-state index is 11.5. The first kappa shape index (κ1) is 15.2. The SMILES string of the molecule is NC(=O)CN(C1CCNCC1)C1CCOC2(CCOC2)C1. The number of carbonyl (C=O) groups excluding carboxylic acids is 1. The molecule has 3 aliphatic heterocycles. The number of nitrogens with zero attached hydrogens (tertiary/aromatic N) is 1. The van der Waals surface area contributed by atoms with Crippen LogP contribution in [-0.4, -0.2) is 67.9 Å². The Morgan fingerprint density at radius 3 is 2.71 bits per heavy atom. The van der Waals surface area contributed by atoms with Crippen molar-refractivity contribution < 1.29 is 14.3 Å². The Morgan fingerprint density at radius 1 is 1.24 bits per heavy atom. The smallest absolute Gasteiger partial charge is 0.231 e. The average molecular weight is 297 g/mol. The minimum atomic E-state index is -0.225. The van der Waals surface area contributed by atoms with Gasteiger partial charge in [-0.05, 0) is 38.8 Å². The van der Waals surface area contributed by atoms with E-state index >= 15 is 0 Å². The Morgan fingerprint density at radius 2 is 2.05 bits per heavy atom. The summed E-state index contributed by atoms with van der Waals surface area (Å²) in [7, 11) is 0. The van der Waals surface area contributed by atoms with Crippen LogP contribution in [0.5, 0.6) is 0 Å². The van der Waals surface area contributed by atoms with Gasteiger partial charge in [-0.1, -0.05) is 0 Å². The van der Waals surface area contributed by atoms with Crippen LogP contribution in [0.3, 0.4) is 0 Å². The van der Waals surface area contributed by atoms with Gasteiger partial charge in [0, 0.05) is 31.7 Å². The molecule has 21 heavy (non-hydrogen) atoms. The van der Waals surface area contributed by atoms with Gasteiger partial charge in [0.25, 0.3) is 0 Å². The predicted octanol–water partition coefficient (Wildman–Crippen LogP) is -0.136. The molecule has 0 saturated carbocycles. The molecule has 3 N–H and O–H groups in total. The standard InChI is InChI=1S/C15H27N3O3/c16-14(19)10-18(12-1-5-17-6-2-12)13-3-7-21-15(9-13)4-8-20-11-15/h12-13,17H,1-11H2,(H2,16,19). The average Bonchev–Trinajstić information content (AvgIpc) is 2.93. The van der Waals surface area contributed by atoms with Crippen LogP contribution >= 0.6 is 0 Å². The lowest BCUT2D eigenvalue weighted by atomic mass is 9.87. The van der Waals surface area contributed by atoms with E-state index in [9.17, 15) is 4.79 Å². The summed E-state index contributed by atoms with van der Waals surface area (Å²) in [5.74, 6) is -0.225. The maximum Gasteiger partial charge on any atom is 0.231 e. The van der Waals surface area contributed by atoms with Crippen LogP contribution in [0.4, 0.5) is 0 Å². The molecule has 3 aliphatic rings. The molecule has 0 aliphatic carbocycles. The zero-order valence-electron chi connectivity index (χ0n) is 12.7. The Balaban J connectivity index is 1.70. The van der Waals surface area contributed by atoms with E-state index in [1.54, 1.807) is 0 Å². The van der Waals surface area contributed by atoms with Crippen molar-refractivity contribution in [2.24, 2.45) is 5.73 Å². The number of ether oxygens (including phenoxy) is 2. The lowest BCUT2D eigenvalue weighted by Gasteiger charge is -2.45. The summed E-state index contributed by atoms with van der Waals surface area (Å²) in [6, 6.07) is 0.845. The molecular formula is C15H27N3O3. The summed E-state index contributed by atoms with van der Waals surface area (Å²) in [6.07, 6.45) is 5.10. The second-order valence-corrected chi connectivity index (χ2v) is 6.60. The molecule has 3 saturated heterocycles. The summed E-state index contributed by atoms with van der Waals surface area (Å²) in [5.41, 5.74) is 5.38. The van der Waals surface area contributed by atoms with Gasteiger partial charge in [-0.2, -0.15) is 0 Å². The van der Waals surface area contributed by atoms with Crippen molar-refractivity contribution in [2.45, 2.75) is 49.8 Å². The van der Waals surface area contributed by atoms with Gasteiger partial charge < -0.3 is 20.5 Å². The van der Waals surface area contributed by atoms with E-state index in [1.807, 2.05) is 0 Å². The Hall–Kier alpha value is -0.690. The van der Waals surface area contributed by atoms with E-state index in [2.05, 4.69) is 10.2 Å². The van der Waals surface area contributed by atoms with Crippen molar-refractivity contribution in [3.05, 3.63) is 0 Å². The van der Waals surface area contributed by atoms with Crippen LogP contribution in [0.15, 0.2) is 0 Å². The van der Waals surface area contributed by atoms with Gasteiger partial charge in [0.1, 0.15) is 0 Å².